The molecule has 0 aromatic heterocycles. The van der Waals surface area contributed by atoms with Crippen LogP contribution in [0.15, 0.2) is 54.9 Å². The molecule has 0 saturated carbocycles. The molecule has 0 radical (unpaired) electrons. The predicted octanol–water partition coefficient (Wildman–Crippen LogP) is 2.71. The minimum absolute atomic E-state index is 0.0511. The monoisotopic (exact) mass is 434 g/mol. The minimum Gasteiger partial charge on any atom is -0.383 e. The summed E-state index contributed by atoms with van der Waals surface area (Å²) in [6.45, 7) is 4.33. The fraction of sp³-hybridized carbons (Fsp3) is 0.320. The maximum absolute atomic E-state index is 14.9. The van der Waals surface area contributed by atoms with Gasteiger partial charge in [0.2, 0.25) is 5.91 Å². The zero-order valence-electron chi connectivity index (χ0n) is 17.9. The molecule has 0 aliphatic carbocycles. The molecule has 0 spiro atoms. The number of anilines is 2. The summed E-state index contributed by atoms with van der Waals surface area (Å²) in [6, 6.07) is 13.0. The standard InChI is InChI=1S/C25H27FN4O2/c26-22-14-18(6-7-23(22)30-10-2-5-24(30)31)21-16-28-15-20(25(21)32)17-3-1-4-19(13-17)29-11-8-27-9-12-29/h1,3-4,6-7,13-16,25,27-28,32H,2,5,8-12H2. The number of dihydropyridines is 1. The van der Waals surface area contributed by atoms with E-state index in [-0.39, 0.29) is 5.91 Å². The zero-order valence-corrected chi connectivity index (χ0v) is 17.9. The SMILES string of the molecule is O=C1CCCN1c1ccc(C2=CNC=C(c3cccc(N4CCNCC4)c3)C2O)cc1F. The number of carbonyl (C=O) groups is 1. The summed E-state index contributed by atoms with van der Waals surface area (Å²) in [6.07, 6.45) is 3.79. The molecule has 3 aliphatic heterocycles. The van der Waals surface area contributed by atoms with Gasteiger partial charge in [0.15, 0.2) is 0 Å². The Bertz CT molecular complexity index is 1090. The highest BCUT2D eigenvalue weighted by Crippen LogP contribution is 2.34. The van der Waals surface area contributed by atoms with Gasteiger partial charge < -0.3 is 25.5 Å². The Morgan fingerprint density at radius 3 is 2.41 bits per heavy atom. The van der Waals surface area contributed by atoms with Gasteiger partial charge in [-0.05, 0) is 41.8 Å². The van der Waals surface area contributed by atoms with E-state index < -0.39 is 11.9 Å². The first-order valence-electron chi connectivity index (χ1n) is 11.1. The summed E-state index contributed by atoms with van der Waals surface area (Å²) in [7, 11) is 0. The molecule has 32 heavy (non-hydrogen) atoms. The fourth-order valence-corrected chi connectivity index (χ4v) is 4.64. The topological polar surface area (TPSA) is 67.8 Å². The van der Waals surface area contributed by atoms with Crippen LogP contribution in [0.3, 0.4) is 0 Å². The highest BCUT2D eigenvalue weighted by atomic mass is 19.1. The second kappa shape index (κ2) is 8.76. The third kappa shape index (κ3) is 3.89. The Morgan fingerprint density at radius 1 is 0.969 bits per heavy atom. The van der Waals surface area contributed by atoms with Gasteiger partial charge in [-0.25, -0.2) is 4.39 Å². The molecule has 5 rings (SSSR count). The quantitative estimate of drug-likeness (QED) is 0.691. The van der Waals surface area contributed by atoms with Crippen LogP contribution in [0.2, 0.25) is 0 Å². The Hall–Kier alpha value is -3.16. The van der Waals surface area contributed by atoms with Gasteiger partial charge >= 0.3 is 0 Å². The largest absolute Gasteiger partial charge is 0.383 e. The normalized spacial score (nSPS) is 21.3. The molecular formula is C25H27FN4O2. The van der Waals surface area contributed by atoms with E-state index in [1.54, 1.807) is 24.5 Å². The molecule has 3 heterocycles. The maximum atomic E-state index is 14.9. The van der Waals surface area contributed by atoms with E-state index in [9.17, 15) is 14.3 Å². The summed E-state index contributed by atoms with van der Waals surface area (Å²) >= 11 is 0. The van der Waals surface area contributed by atoms with Gasteiger partial charge in [-0.1, -0.05) is 18.2 Å². The lowest BCUT2D eigenvalue weighted by Gasteiger charge is -2.30. The molecule has 1 unspecified atom stereocenters. The summed E-state index contributed by atoms with van der Waals surface area (Å²) in [5.41, 5.74) is 4.26. The Labute approximate surface area is 187 Å². The number of amides is 1. The number of aliphatic hydroxyl groups excluding tert-OH is 1. The van der Waals surface area contributed by atoms with Crippen molar-refractivity contribution in [2.75, 3.05) is 42.5 Å². The number of aliphatic hydroxyl groups is 1. The number of nitrogens with one attached hydrogen (secondary N) is 2. The van der Waals surface area contributed by atoms with Gasteiger partial charge in [-0.3, -0.25) is 4.79 Å². The first-order chi connectivity index (χ1) is 15.6. The summed E-state index contributed by atoms with van der Waals surface area (Å²) in [5, 5.41) is 17.6. The van der Waals surface area contributed by atoms with Crippen LogP contribution >= 0.6 is 0 Å². The highest BCUT2D eigenvalue weighted by Gasteiger charge is 2.27. The Morgan fingerprint density at radius 2 is 1.72 bits per heavy atom. The number of piperazine rings is 1. The average molecular weight is 435 g/mol. The highest BCUT2D eigenvalue weighted by molar-refractivity contribution is 5.96. The molecule has 7 heteroatoms. The van der Waals surface area contributed by atoms with Crippen molar-refractivity contribution in [2.45, 2.75) is 18.9 Å². The first kappa shape index (κ1) is 20.7. The van der Waals surface area contributed by atoms with Crippen molar-refractivity contribution in [2.24, 2.45) is 0 Å². The first-order valence-corrected chi connectivity index (χ1v) is 11.1. The lowest BCUT2D eigenvalue weighted by atomic mass is 9.90. The summed E-state index contributed by atoms with van der Waals surface area (Å²) in [4.78, 5) is 15.8. The molecule has 3 aliphatic rings. The third-order valence-corrected chi connectivity index (χ3v) is 6.37. The molecule has 2 aromatic carbocycles. The van der Waals surface area contributed by atoms with Crippen molar-refractivity contribution >= 4 is 28.4 Å². The lowest BCUT2D eigenvalue weighted by Crippen LogP contribution is -2.43. The number of hydrogen-bond donors (Lipinski definition) is 3. The van der Waals surface area contributed by atoms with Gasteiger partial charge in [-0.15, -0.1) is 0 Å². The van der Waals surface area contributed by atoms with Crippen molar-refractivity contribution in [1.82, 2.24) is 10.6 Å². The maximum Gasteiger partial charge on any atom is 0.227 e. The molecule has 1 amide bonds. The van der Waals surface area contributed by atoms with Crippen LogP contribution in [0.5, 0.6) is 0 Å². The number of hydrogen-bond acceptors (Lipinski definition) is 5. The van der Waals surface area contributed by atoms with Crippen LogP contribution in [-0.2, 0) is 4.79 Å². The van der Waals surface area contributed by atoms with E-state index in [2.05, 4.69) is 27.7 Å². The van der Waals surface area contributed by atoms with Crippen molar-refractivity contribution < 1.29 is 14.3 Å². The zero-order chi connectivity index (χ0) is 22.1. The molecule has 2 fully saturated rings. The third-order valence-electron chi connectivity index (χ3n) is 6.37. The van der Waals surface area contributed by atoms with Crippen LogP contribution in [0.1, 0.15) is 24.0 Å². The average Bonchev–Trinajstić information content (AvgIpc) is 3.25. The number of benzene rings is 2. The van der Waals surface area contributed by atoms with E-state index >= 15 is 0 Å². The van der Waals surface area contributed by atoms with E-state index in [1.807, 2.05) is 12.1 Å². The van der Waals surface area contributed by atoms with Gasteiger partial charge in [-0.2, -0.15) is 0 Å². The van der Waals surface area contributed by atoms with Gasteiger partial charge in [0.05, 0.1) is 5.69 Å². The molecule has 2 aromatic rings. The van der Waals surface area contributed by atoms with Gasteiger partial charge in [0.1, 0.15) is 11.9 Å². The van der Waals surface area contributed by atoms with E-state index in [1.165, 1.54) is 11.0 Å². The van der Waals surface area contributed by atoms with Crippen molar-refractivity contribution in [1.29, 1.82) is 0 Å². The van der Waals surface area contributed by atoms with Gasteiger partial charge in [0.25, 0.3) is 0 Å². The van der Waals surface area contributed by atoms with Crippen molar-refractivity contribution in [3.63, 3.8) is 0 Å². The van der Waals surface area contributed by atoms with Crippen LogP contribution in [0.25, 0.3) is 11.1 Å². The van der Waals surface area contributed by atoms with Gasteiger partial charge in [0, 0.05) is 68.4 Å². The molecular weight excluding hydrogens is 407 g/mol. The van der Waals surface area contributed by atoms with E-state index in [0.29, 0.717) is 29.8 Å². The molecule has 166 valence electrons. The fourth-order valence-electron chi connectivity index (χ4n) is 4.64. The van der Waals surface area contributed by atoms with Crippen LogP contribution in [0, 0.1) is 5.82 Å². The minimum atomic E-state index is -0.895. The number of halogens is 1. The number of carbonyl (C=O) groups excluding carboxylic acids is 1. The Balaban J connectivity index is 1.38. The molecule has 0 bridgehead atoms. The predicted molar refractivity (Wildman–Crippen MR) is 125 cm³/mol. The smallest absolute Gasteiger partial charge is 0.227 e. The molecule has 2 saturated heterocycles. The molecule has 1 atom stereocenters. The van der Waals surface area contributed by atoms with Crippen molar-refractivity contribution in [3.8, 4) is 0 Å². The summed E-state index contributed by atoms with van der Waals surface area (Å²) < 4.78 is 14.9. The van der Waals surface area contributed by atoms with Crippen LogP contribution < -0.4 is 20.4 Å². The second-order valence-electron chi connectivity index (χ2n) is 8.37. The number of rotatable bonds is 4. The second-order valence-corrected chi connectivity index (χ2v) is 8.37. The Kier molecular flexibility index (Phi) is 5.68. The van der Waals surface area contributed by atoms with E-state index in [4.69, 9.17) is 0 Å². The molecule has 3 N–H and O–H groups in total. The summed E-state index contributed by atoms with van der Waals surface area (Å²) in [5.74, 6) is -0.507. The van der Waals surface area contributed by atoms with Crippen molar-refractivity contribution in [3.05, 3.63) is 71.8 Å². The molecule has 6 nitrogen and oxygen atoms in total. The van der Waals surface area contributed by atoms with E-state index in [0.717, 1.165) is 49.4 Å². The lowest BCUT2D eigenvalue weighted by molar-refractivity contribution is -0.117. The van der Waals surface area contributed by atoms with Crippen LogP contribution in [-0.4, -0.2) is 49.8 Å². The van der Waals surface area contributed by atoms with Crippen LogP contribution in [0.4, 0.5) is 15.8 Å². The number of nitrogens with zero attached hydrogens (tertiary/aromatic N) is 2.